The number of pyridine rings is 1. The Morgan fingerprint density at radius 1 is 0.875 bits per heavy atom. The Morgan fingerprint density at radius 2 is 1.62 bits per heavy atom. The minimum absolute atomic E-state index is 0.0232. The highest BCUT2D eigenvalue weighted by Crippen LogP contribution is 2.34. The first-order chi connectivity index (χ1) is 15.7. The zero-order chi connectivity index (χ0) is 21.9. The lowest BCUT2D eigenvalue weighted by molar-refractivity contribution is 0.0303. The zero-order valence-electron chi connectivity index (χ0n) is 18.0. The van der Waals surface area contributed by atoms with Gasteiger partial charge in [0, 0.05) is 30.1 Å². The molecule has 3 aromatic carbocycles. The van der Waals surface area contributed by atoms with Gasteiger partial charge in [-0.1, -0.05) is 48.5 Å². The van der Waals surface area contributed by atoms with Crippen LogP contribution in [-0.2, 0) is 4.74 Å². The first kappa shape index (κ1) is 20.2. The van der Waals surface area contributed by atoms with Gasteiger partial charge in [-0.25, -0.2) is 4.98 Å². The van der Waals surface area contributed by atoms with Gasteiger partial charge in [-0.05, 0) is 46.5 Å². The van der Waals surface area contributed by atoms with Gasteiger partial charge < -0.3 is 14.4 Å². The van der Waals surface area contributed by atoms with Crippen LogP contribution in [0.2, 0.25) is 0 Å². The van der Waals surface area contributed by atoms with Crippen LogP contribution in [0.5, 0.6) is 5.88 Å². The molecule has 0 spiro atoms. The molecule has 1 fully saturated rings. The van der Waals surface area contributed by atoms with E-state index in [1.165, 1.54) is 0 Å². The fraction of sp³-hybridized carbons (Fsp3) is 0.185. The predicted molar refractivity (Wildman–Crippen MR) is 126 cm³/mol. The molecule has 5 rings (SSSR count). The SMILES string of the molecule is COc1cc(-c2cccc(-c3ccccc3)c2)c2cc(C(=O)N3CCOCC3)ccc2n1. The summed E-state index contributed by atoms with van der Waals surface area (Å²) in [6.45, 7) is 2.39. The standard InChI is InChI=1S/C27H24N2O3/c1-31-26-18-23(21-9-5-8-20(16-21)19-6-3-2-4-7-19)24-17-22(10-11-25(24)28-26)27(30)29-12-14-32-15-13-29/h2-11,16-18H,12-15H2,1H3. The summed E-state index contributed by atoms with van der Waals surface area (Å²) in [5.41, 5.74) is 5.78. The molecule has 5 nitrogen and oxygen atoms in total. The average molecular weight is 425 g/mol. The maximum atomic E-state index is 13.1. The maximum Gasteiger partial charge on any atom is 0.254 e. The molecular formula is C27H24N2O3. The number of nitrogens with zero attached hydrogens (tertiary/aromatic N) is 2. The average Bonchev–Trinajstić information content (AvgIpc) is 2.88. The number of ether oxygens (including phenoxy) is 2. The van der Waals surface area contributed by atoms with Gasteiger partial charge in [0.05, 0.1) is 25.8 Å². The van der Waals surface area contributed by atoms with Gasteiger partial charge in [0.15, 0.2) is 0 Å². The number of methoxy groups -OCH3 is 1. The van der Waals surface area contributed by atoms with Crippen LogP contribution in [0.15, 0.2) is 78.9 Å². The van der Waals surface area contributed by atoms with E-state index in [1.807, 2.05) is 47.4 Å². The zero-order valence-corrected chi connectivity index (χ0v) is 18.0. The Kier molecular flexibility index (Phi) is 5.57. The molecule has 160 valence electrons. The summed E-state index contributed by atoms with van der Waals surface area (Å²) in [4.78, 5) is 19.5. The van der Waals surface area contributed by atoms with Crippen LogP contribution >= 0.6 is 0 Å². The lowest BCUT2D eigenvalue weighted by atomic mass is 9.96. The largest absolute Gasteiger partial charge is 0.481 e. The number of hydrogen-bond acceptors (Lipinski definition) is 4. The van der Waals surface area contributed by atoms with Gasteiger partial charge in [0.2, 0.25) is 5.88 Å². The molecule has 0 aliphatic carbocycles. The molecule has 5 heteroatoms. The highest BCUT2D eigenvalue weighted by atomic mass is 16.5. The van der Waals surface area contributed by atoms with Crippen LogP contribution < -0.4 is 4.74 Å². The molecule has 32 heavy (non-hydrogen) atoms. The van der Waals surface area contributed by atoms with E-state index in [0.29, 0.717) is 37.7 Å². The van der Waals surface area contributed by atoms with E-state index < -0.39 is 0 Å². The molecule has 1 aliphatic rings. The third-order valence-corrected chi connectivity index (χ3v) is 5.82. The van der Waals surface area contributed by atoms with Crippen LogP contribution in [-0.4, -0.2) is 49.2 Å². The van der Waals surface area contributed by atoms with Gasteiger partial charge in [-0.2, -0.15) is 0 Å². The summed E-state index contributed by atoms with van der Waals surface area (Å²) >= 11 is 0. The van der Waals surface area contributed by atoms with E-state index in [-0.39, 0.29) is 5.91 Å². The molecule has 1 saturated heterocycles. The molecule has 1 aliphatic heterocycles. The van der Waals surface area contributed by atoms with E-state index in [2.05, 4.69) is 41.4 Å². The van der Waals surface area contributed by atoms with Crippen LogP contribution in [0, 0.1) is 0 Å². The molecule has 0 bridgehead atoms. The lowest BCUT2D eigenvalue weighted by Crippen LogP contribution is -2.40. The summed E-state index contributed by atoms with van der Waals surface area (Å²) in [6.07, 6.45) is 0. The van der Waals surface area contributed by atoms with Crippen molar-refractivity contribution in [1.29, 1.82) is 0 Å². The number of carbonyl (C=O) groups is 1. The number of morpholine rings is 1. The highest BCUT2D eigenvalue weighted by molar-refractivity contribution is 6.02. The Morgan fingerprint density at radius 3 is 2.41 bits per heavy atom. The first-order valence-corrected chi connectivity index (χ1v) is 10.7. The Hall–Kier alpha value is -3.70. The number of fused-ring (bicyclic) bond motifs is 1. The van der Waals surface area contributed by atoms with Crippen molar-refractivity contribution < 1.29 is 14.3 Å². The lowest BCUT2D eigenvalue weighted by Gasteiger charge is -2.27. The van der Waals surface area contributed by atoms with Crippen LogP contribution in [0.25, 0.3) is 33.2 Å². The number of amides is 1. The Bertz CT molecular complexity index is 1260. The molecule has 0 N–H and O–H groups in total. The summed E-state index contributed by atoms with van der Waals surface area (Å²) < 4.78 is 10.9. The van der Waals surface area contributed by atoms with Gasteiger partial charge in [-0.15, -0.1) is 0 Å². The highest BCUT2D eigenvalue weighted by Gasteiger charge is 2.20. The van der Waals surface area contributed by atoms with Crippen molar-refractivity contribution in [2.45, 2.75) is 0 Å². The Balaban J connectivity index is 1.62. The smallest absolute Gasteiger partial charge is 0.254 e. The first-order valence-electron chi connectivity index (χ1n) is 10.7. The monoisotopic (exact) mass is 424 g/mol. The number of carbonyl (C=O) groups excluding carboxylic acids is 1. The number of hydrogen-bond donors (Lipinski definition) is 0. The van der Waals surface area contributed by atoms with E-state index in [4.69, 9.17) is 9.47 Å². The maximum absolute atomic E-state index is 13.1. The summed E-state index contributed by atoms with van der Waals surface area (Å²) in [7, 11) is 1.62. The van der Waals surface area contributed by atoms with Crippen LogP contribution in [0.1, 0.15) is 10.4 Å². The Labute approximate surface area is 187 Å². The summed E-state index contributed by atoms with van der Waals surface area (Å²) in [6, 6.07) is 26.3. The van der Waals surface area contributed by atoms with E-state index in [1.54, 1.807) is 7.11 Å². The second-order valence-electron chi connectivity index (χ2n) is 7.80. The molecular weight excluding hydrogens is 400 g/mol. The van der Waals surface area contributed by atoms with Gasteiger partial charge in [-0.3, -0.25) is 4.79 Å². The van der Waals surface area contributed by atoms with Crippen LogP contribution in [0.3, 0.4) is 0 Å². The van der Waals surface area contributed by atoms with E-state index >= 15 is 0 Å². The van der Waals surface area contributed by atoms with Crippen molar-refractivity contribution in [2.75, 3.05) is 33.4 Å². The fourth-order valence-electron chi connectivity index (χ4n) is 4.12. The van der Waals surface area contributed by atoms with Crippen molar-refractivity contribution >= 4 is 16.8 Å². The molecule has 2 heterocycles. The van der Waals surface area contributed by atoms with Gasteiger partial charge in [0.25, 0.3) is 5.91 Å². The van der Waals surface area contributed by atoms with Crippen molar-refractivity contribution in [3.05, 3.63) is 84.4 Å². The second-order valence-corrected chi connectivity index (χ2v) is 7.80. The predicted octanol–water partition coefficient (Wildman–Crippen LogP) is 5.05. The number of benzene rings is 3. The van der Waals surface area contributed by atoms with E-state index in [0.717, 1.165) is 33.2 Å². The molecule has 0 saturated carbocycles. The minimum atomic E-state index is 0.0232. The number of rotatable bonds is 4. The van der Waals surface area contributed by atoms with E-state index in [9.17, 15) is 4.79 Å². The molecule has 1 aromatic heterocycles. The van der Waals surface area contributed by atoms with Gasteiger partial charge in [0.1, 0.15) is 0 Å². The van der Waals surface area contributed by atoms with Crippen molar-refractivity contribution in [3.8, 4) is 28.1 Å². The normalized spacial score (nSPS) is 13.8. The molecule has 0 radical (unpaired) electrons. The number of aromatic nitrogens is 1. The third kappa shape index (κ3) is 3.95. The second kappa shape index (κ2) is 8.81. The molecule has 0 atom stereocenters. The van der Waals surface area contributed by atoms with Crippen molar-refractivity contribution in [2.24, 2.45) is 0 Å². The quantitative estimate of drug-likeness (QED) is 0.460. The summed E-state index contributed by atoms with van der Waals surface area (Å²) in [5, 5.41) is 0.926. The summed E-state index contributed by atoms with van der Waals surface area (Å²) in [5.74, 6) is 0.569. The van der Waals surface area contributed by atoms with Gasteiger partial charge >= 0.3 is 0 Å². The van der Waals surface area contributed by atoms with Crippen molar-refractivity contribution in [3.63, 3.8) is 0 Å². The van der Waals surface area contributed by atoms with Crippen molar-refractivity contribution in [1.82, 2.24) is 9.88 Å². The molecule has 1 amide bonds. The minimum Gasteiger partial charge on any atom is -0.481 e. The fourth-order valence-corrected chi connectivity index (χ4v) is 4.12. The topological polar surface area (TPSA) is 51.7 Å². The molecule has 0 unspecified atom stereocenters. The molecule has 4 aromatic rings. The van der Waals surface area contributed by atoms with Crippen LogP contribution in [0.4, 0.5) is 0 Å². The third-order valence-electron chi connectivity index (χ3n) is 5.82.